The molecule has 0 radical (unpaired) electrons. The lowest BCUT2D eigenvalue weighted by atomic mass is 10.1. The van der Waals surface area contributed by atoms with Crippen LogP contribution < -0.4 is 5.32 Å². The fourth-order valence-corrected chi connectivity index (χ4v) is 1.88. The molecule has 4 nitrogen and oxygen atoms in total. The summed E-state index contributed by atoms with van der Waals surface area (Å²) in [5.74, 6) is -0.483. The largest absolute Gasteiger partial charge is 0.481 e. The molecule has 0 atom stereocenters. The van der Waals surface area contributed by atoms with Gasteiger partial charge in [-0.1, -0.05) is 20.8 Å². The molecule has 1 rings (SSSR count). The second-order valence-corrected chi connectivity index (χ2v) is 7.07. The van der Waals surface area contributed by atoms with Crippen molar-refractivity contribution in [1.29, 1.82) is 0 Å². The van der Waals surface area contributed by atoms with Crippen LogP contribution in [0.4, 0.5) is 0 Å². The highest BCUT2D eigenvalue weighted by Crippen LogP contribution is 2.45. The molecule has 1 aliphatic rings. The van der Waals surface area contributed by atoms with Gasteiger partial charge >= 0.3 is 5.97 Å². The van der Waals surface area contributed by atoms with Gasteiger partial charge in [-0.3, -0.25) is 9.59 Å². The van der Waals surface area contributed by atoms with Gasteiger partial charge in [0.2, 0.25) is 5.91 Å². The highest BCUT2D eigenvalue weighted by Gasteiger charge is 2.50. The van der Waals surface area contributed by atoms with E-state index >= 15 is 0 Å². The van der Waals surface area contributed by atoms with Gasteiger partial charge in [0.1, 0.15) is 0 Å². The second-order valence-electron chi connectivity index (χ2n) is 5.26. The molecule has 0 aromatic rings. The van der Waals surface area contributed by atoms with E-state index < -0.39 is 11.4 Å². The quantitative estimate of drug-likeness (QED) is 0.770. The van der Waals surface area contributed by atoms with E-state index in [4.69, 9.17) is 5.11 Å². The van der Waals surface area contributed by atoms with Crippen molar-refractivity contribution in [3.8, 4) is 0 Å². The Kier molecular flexibility index (Phi) is 3.88. The molecule has 0 bridgehead atoms. The summed E-state index contributed by atoms with van der Waals surface area (Å²) in [6.45, 7) is 6.41. The summed E-state index contributed by atoms with van der Waals surface area (Å²) < 4.78 is 0.0570. The normalized spacial score (nSPS) is 17.9. The lowest BCUT2D eigenvalue weighted by molar-refractivity contribution is -0.143. The summed E-state index contributed by atoms with van der Waals surface area (Å²) in [6.07, 6.45) is 1.35. The number of aliphatic carboxylic acids is 1. The molecular formula is C11H19NO3S. The topological polar surface area (TPSA) is 66.4 Å². The summed E-state index contributed by atoms with van der Waals surface area (Å²) in [6, 6.07) is 0. The van der Waals surface area contributed by atoms with E-state index in [1.54, 1.807) is 11.8 Å². The maximum atomic E-state index is 11.5. The average Bonchev–Trinajstić information content (AvgIpc) is 2.91. The van der Waals surface area contributed by atoms with Crippen molar-refractivity contribution in [1.82, 2.24) is 5.32 Å². The Balaban J connectivity index is 2.24. The Morgan fingerprint density at radius 1 is 1.38 bits per heavy atom. The molecule has 1 amide bonds. The van der Waals surface area contributed by atoms with E-state index in [1.165, 1.54) is 0 Å². The molecule has 0 saturated heterocycles. The molecular weight excluding hydrogens is 226 g/mol. The molecule has 1 saturated carbocycles. The second kappa shape index (κ2) is 4.65. The van der Waals surface area contributed by atoms with Crippen LogP contribution in [0.3, 0.4) is 0 Å². The Morgan fingerprint density at radius 2 is 1.94 bits per heavy atom. The van der Waals surface area contributed by atoms with Crippen LogP contribution in [0.1, 0.15) is 33.6 Å². The molecule has 0 aromatic carbocycles. The van der Waals surface area contributed by atoms with Crippen LogP contribution in [0.5, 0.6) is 0 Å². The monoisotopic (exact) mass is 245 g/mol. The third-order valence-electron chi connectivity index (χ3n) is 2.57. The molecule has 92 valence electrons. The van der Waals surface area contributed by atoms with Crippen LogP contribution in [0.2, 0.25) is 0 Å². The van der Waals surface area contributed by atoms with Crippen LogP contribution in [0.25, 0.3) is 0 Å². The molecule has 16 heavy (non-hydrogen) atoms. The minimum atomic E-state index is -0.795. The highest BCUT2D eigenvalue weighted by atomic mass is 32.2. The first-order valence-corrected chi connectivity index (χ1v) is 6.38. The van der Waals surface area contributed by atoms with Crippen LogP contribution in [0, 0.1) is 5.41 Å². The van der Waals surface area contributed by atoms with Gasteiger partial charge < -0.3 is 10.4 Å². The van der Waals surface area contributed by atoms with Crippen molar-refractivity contribution >= 4 is 23.6 Å². The van der Waals surface area contributed by atoms with Gasteiger partial charge in [-0.05, 0) is 12.8 Å². The van der Waals surface area contributed by atoms with Crippen molar-refractivity contribution in [2.45, 2.75) is 38.4 Å². The Hall–Kier alpha value is -0.710. The number of amides is 1. The zero-order valence-corrected chi connectivity index (χ0v) is 10.8. The van der Waals surface area contributed by atoms with Gasteiger partial charge in [0.15, 0.2) is 0 Å². The number of thioether (sulfide) groups is 1. The van der Waals surface area contributed by atoms with Gasteiger partial charge in [0.25, 0.3) is 0 Å². The number of nitrogens with one attached hydrogen (secondary N) is 1. The SMILES string of the molecule is CC(C)(C)SCC(=O)NCC1(C(=O)O)CC1. The van der Waals surface area contributed by atoms with Crippen molar-refractivity contribution < 1.29 is 14.7 Å². The van der Waals surface area contributed by atoms with Crippen molar-refractivity contribution in [3.05, 3.63) is 0 Å². The standard InChI is InChI=1S/C11H19NO3S/c1-10(2,3)16-6-8(13)12-7-11(4-5-11)9(14)15/h4-7H2,1-3H3,(H,12,13)(H,14,15). The van der Waals surface area contributed by atoms with Crippen molar-refractivity contribution in [2.75, 3.05) is 12.3 Å². The fourth-order valence-electron chi connectivity index (χ4n) is 1.22. The maximum absolute atomic E-state index is 11.5. The molecule has 5 heteroatoms. The van der Waals surface area contributed by atoms with E-state index in [0.29, 0.717) is 18.6 Å². The lowest BCUT2D eigenvalue weighted by Crippen LogP contribution is -2.35. The number of carboxylic acid groups (broad SMARTS) is 1. The Morgan fingerprint density at radius 3 is 2.31 bits per heavy atom. The average molecular weight is 245 g/mol. The summed E-state index contributed by atoms with van der Waals surface area (Å²) in [4.78, 5) is 22.3. The summed E-state index contributed by atoms with van der Waals surface area (Å²) >= 11 is 1.56. The predicted molar refractivity (Wildman–Crippen MR) is 64.5 cm³/mol. The van der Waals surface area contributed by atoms with Gasteiger partial charge in [-0.25, -0.2) is 0 Å². The number of hydrogen-bond acceptors (Lipinski definition) is 3. The Labute approximate surface area is 100 Å². The zero-order valence-electron chi connectivity index (χ0n) is 10.0. The minimum absolute atomic E-state index is 0.0570. The fraction of sp³-hybridized carbons (Fsp3) is 0.818. The summed E-state index contributed by atoms with van der Waals surface area (Å²) in [7, 11) is 0. The number of carboxylic acids is 1. The van der Waals surface area contributed by atoms with Gasteiger partial charge in [-0.2, -0.15) is 0 Å². The van der Waals surface area contributed by atoms with Crippen LogP contribution in [-0.2, 0) is 9.59 Å². The lowest BCUT2D eigenvalue weighted by Gasteiger charge is -2.17. The first kappa shape index (κ1) is 13.4. The molecule has 0 unspecified atom stereocenters. The van der Waals surface area contributed by atoms with Gasteiger partial charge in [0.05, 0.1) is 11.2 Å². The van der Waals surface area contributed by atoms with E-state index in [-0.39, 0.29) is 17.2 Å². The van der Waals surface area contributed by atoms with E-state index in [0.717, 1.165) is 0 Å². The van der Waals surface area contributed by atoms with Crippen molar-refractivity contribution in [2.24, 2.45) is 5.41 Å². The molecule has 1 aliphatic carbocycles. The predicted octanol–water partition coefficient (Wildman–Crippen LogP) is 1.50. The molecule has 0 heterocycles. The van der Waals surface area contributed by atoms with Gasteiger partial charge in [-0.15, -0.1) is 11.8 Å². The molecule has 2 N–H and O–H groups in total. The van der Waals surface area contributed by atoms with Crippen LogP contribution >= 0.6 is 11.8 Å². The highest BCUT2D eigenvalue weighted by molar-refractivity contribution is 8.01. The summed E-state index contributed by atoms with van der Waals surface area (Å²) in [5, 5.41) is 11.6. The maximum Gasteiger partial charge on any atom is 0.311 e. The first-order chi connectivity index (χ1) is 7.25. The van der Waals surface area contributed by atoms with E-state index in [9.17, 15) is 9.59 Å². The number of carbonyl (C=O) groups excluding carboxylic acids is 1. The first-order valence-electron chi connectivity index (χ1n) is 5.39. The van der Waals surface area contributed by atoms with Crippen LogP contribution in [-0.4, -0.2) is 34.0 Å². The summed E-state index contributed by atoms with van der Waals surface area (Å²) in [5.41, 5.74) is -0.665. The van der Waals surface area contributed by atoms with E-state index in [2.05, 4.69) is 5.32 Å². The molecule has 0 aromatic heterocycles. The third kappa shape index (κ3) is 4.04. The third-order valence-corrected chi connectivity index (χ3v) is 3.84. The number of hydrogen-bond donors (Lipinski definition) is 2. The van der Waals surface area contributed by atoms with Crippen molar-refractivity contribution in [3.63, 3.8) is 0 Å². The van der Waals surface area contributed by atoms with Gasteiger partial charge in [0, 0.05) is 11.3 Å². The van der Waals surface area contributed by atoms with Crippen LogP contribution in [0.15, 0.2) is 0 Å². The Bertz CT molecular complexity index is 292. The van der Waals surface area contributed by atoms with E-state index in [1.807, 2.05) is 20.8 Å². The number of rotatable bonds is 5. The number of carbonyl (C=O) groups is 2. The molecule has 1 fully saturated rings. The molecule has 0 spiro atoms. The minimum Gasteiger partial charge on any atom is -0.481 e. The molecule has 0 aliphatic heterocycles. The zero-order chi connectivity index (χ0) is 12.4. The smallest absolute Gasteiger partial charge is 0.311 e.